The summed E-state index contributed by atoms with van der Waals surface area (Å²) in [5.74, 6) is 0. The summed E-state index contributed by atoms with van der Waals surface area (Å²) in [6.07, 6.45) is 7.43. The van der Waals surface area contributed by atoms with Crippen LogP contribution >= 0.6 is 0 Å². The zero-order chi connectivity index (χ0) is 12.1. The van der Waals surface area contributed by atoms with E-state index in [2.05, 4.69) is 40.7 Å². The van der Waals surface area contributed by atoms with Crippen molar-refractivity contribution in [2.24, 2.45) is 0 Å². The van der Waals surface area contributed by atoms with Gasteiger partial charge in [0.1, 0.15) is 0 Å². The number of anilines is 2. The van der Waals surface area contributed by atoms with Crippen LogP contribution in [0.1, 0.15) is 19.3 Å². The van der Waals surface area contributed by atoms with E-state index in [9.17, 15) is 0 Å². The van der Waals surface area contributed by atoms with Crippen LogP contribution in [0.25, 0.3) is 0 Å². The fourth-order valence-electron chi connectivity index (χ4n) is 2.27. The Morgan fingerprint density at radius 3 is 3.06 bits per heavy atom. The van der Waals surface area contributed by atoms with Crippen molar-refractivity contribution >= 4 is 11.4 Å². The maximum atomic E-state index is 4.21. The highest BCUT2D eigenvalue weighted by Crippen LogP contribution is 2.24. The fourth-order valence-corrected chi connectivity index (χ4v) is 2.27. The van der Waals surface area contributed by atoms with Gasteiger partial charge in [0.15, 0.2) is 0 Å². The van der Waals surface area contributed by atoms with Gasteiger partial charge < -0.3 is 15.5 Å². The third-order valence-electron chi connectivity index (χ3n) is 3.22. The van der Waals surface area contributed by atoms with Crippen LogP contribution in [-0.2, 0) is 0 Å². The van der Waals surface area contributed by atoms with Gasteiger partial charge in [-0.15, -0.1) is 0 Å². The lowest BCUT2D eigenvalue weighted by molar-refractivity contribution is 0.637. The Labute approximate surface area is 103 Å². The van der Waals surface area contributed by atoms with Crippen LogP contribution in [-0.4, -0.2) is 38.2 Å². The highest BCUT2D eigenvalue weighted by atomic mass is 15.1. The molecule has 0 aromatic carbocycles. The van der Waals surface area contributed by atoms with E-state index < -0.39 is 0 Å². The van der Waals surface area contributed by atoms with Gasteiger partial charge in [-0.25, -0.2) is 0 Å². The zero-order valence-corrected chi connectivity index (χ0v) is 10.7. The number of aromatic nitrogens is 1. The Morgan fingerprint density at radius 2 is 2.24 bits per heavy atom. The second-order valence-electron chi connectivity index (χ2n) is 4.81. The van der Waals surface area contributed by atoms with Crippen molar-refractivity contribution in [2.45, 2.75) is 25.3 Å². The van der Waals surface area contributed by atoms with Gasteiger partial charge >= 0.3 is 0 Å². The molecule has 1 aliphatic heterocycles. The number of rotatable bonds is 3. The molecule has 0 amide bonds. The van der Waals surface area contributed by atoms with Crippen molar-refractivity contribution in [3.8, 4) is 0 Å². The smallest absolute Gasteiger partial charge is 0.0766 e. The normalized spacial score (nSPS) is 20.7. The molecule has 2 N–H and O–H groups in total. The van der Waals surface area contributed by atoms with E-state index in [0.29, 0.717) is 6.04 Å². The van der Waals surface area contributed by atoms with Crippen LogP contribution in [0, 0.1) is 0 Å². The summed E-state index contributed by atoms with van der Waals surface area (Å²) in [6.45, 7) is 2.25. The second-order valence-corrected chi connectivity index (χ2v) is 4.81. The first kappa shape index (κ1) is 12.2. The summed E-state index contributed by atoms with van der Waals surface area (Å²) < 4.78 is 0. The number of nitrogens with zero attached hydrogens (tertiary/aromatic N) is 2. The van der Waals surface area contributed by atoms with E-state index in [-0.39, 0.29) is 0 Å². The predicted molar refractivity (Wildman–Crippen MR) is 72.7 cm³/mol. The quantitative estimate of drug-likeness (QED) is 0.835. The molecule has 1 fully saturated rings. The number of pyridine rings is 1. The summed E-state index contributed by atoms with van der Waals surface area (Å²) in [7, 11) is 4.13. The molecule has 1 saturated heterocycles. The molecule has 1 unspecified atom stereocenters. The molecule has 1 aliphatic rings. The molecular weight excluding hydrogens is 212 g/mol. The van der Waals surface area contributed by atoms with E-state index in [0.717, 1.165) is 18.8 Å². The van der Waals surface area contributed by atoms with Crippen molar-refractivity contribution in [3.63, 3.8) is 0 Å². The van der Waals surface area contributed by atoms with Crippen LogP contribution in [0.4, 0.5) is 11.4 Å². The Bertz CT molecular complexity index is 343. The zero-order valence-electron chi connectivity index (χ0n) is 10.7. The molecule has 0 saturated carbocycles. The first-order valence-corrected chi connectivity index (χ1v) is 6.36. The molecule has 4 nitrogen and oxygen atoms in total. The van der Waals surface area contributed by atoms with Crippen molar-refractivity contribution in [2.75, 3.05) is 37.4 Å². The van der Waals surface area contributed by atoms with E-state index in [1.165, 1.54) is 24.9 Å². The van der Waals surface area contributed by atoms with Gasteiger partial charge in [-0.3, -0.25) is 4.98 Å². The largest absolute Gasteiger partial charge is 0.379 e. The predicted octanol–water partition coefficient (Wildman–Crippen LogP) is 1.70. The maximum Gasteiger partial charge on any atom is 0.0766 e. The third kappa shape index (κ3) is 3.33. The minimum absolute atomic E-state index is 0.563. The van der Waals surface area contributed by atoms with Crippen molar-refractivity contribution in [3.05, 3.63) is 18.5 Å². The van der Waals surface area contributed by atoms with E-state index in [4.69, 9.17) is 0 Å². The second kappa shape index (κ2) is 5.87. The fraction of sp³-hybridized carbons (Fsp3) is 0.615. The molecule has 4 heteroatoms. The van der Waals surface area contributed by atoms with Gasteiger partial charge in [-0.05, 0) is 38.4 Å². The van der Waals surface area contributed by atoms with Crippen molar-refractivity contribution in [1.82, 2.24) is 10.3 Å². The van der Waals surface area contributed by atoms with Gasteiger partial charge in [0, 0.05) is 26.3 Å². The minimum Gasteiger partial charge on any atom is -0.379 e. The lowest BCUT2D eigenvalue weighted by Crippen LogP contribution is -2.23. The molecule has 0 bridgehead atoms. The lowest BCUT2D eigenvalue weighted by Gasteiger charge is -2.22. The van der Waals surface area contributed by atoms with Gasteiger partial charge in [0.05, 0.1) is 17.6 Å². The SMILES string of the molecule is CN(C)c1ccncc1NC1CCCNCC1. The van der Waals surface area contributed by atoms with E-state index in [1.807, 2.05) is 12.4 Å². The molecule has 1 aromatic heterocycles. The van der Waals surface area contributed by atoms with Gasteiger partial charge in [0.2, 0.25) is 0 Å². The summed E-state index contributed by atoms with van der Waals surface area (Å²) in [5, 5.41) is 7.06. The average molecular weight is 234 g/mol. The molecule has 94 valence electrons. The summed E-state index contributed by atoms with van der Waals surface area (Å²) in [6, 6.07) is 2.62. The van der Waals surface area contributed by atoms with Crippen LogP contribution < -0.4 is 15.5 Å². The molecule has 0 aliphatic carbocycles. The lowest BCUT2D eigenvalue weighted by atomic mass is 10.1. The molecule has 2 rings (SSSR count). The first-order chi connectivity index (χ1) is 8.27. The summed E-state index contributed by atoms with van der Waals surface area (Å²) in [4.78, 5) is 6.34. The van der Waals surface area contributed by atoms with Gasteiger partial charge in [-0.1, -0.05) is 0 Å². The monoisotopic (exact) mass is 234 g/mol. The molecule has 1 atom stereocenters. The van der Waals surface area contributed by atoms with Crippen molar-refractivity contribution < 1.29 is 0 Å². The highest BCUT2D eigenvalue weighted by molar-refractivity contribution is 5.68. The van der Waals surface area contributed by atoms with Crippen LogP contribution in [0.5, 0.6) is 0 Å². The first-order valence-electron chi connectivity index (χ1n) is 6.36. The third-order valence-corrected chi connectivity index (χ3v) is 3.22. The molecule has 0 radical (unpaired) electrons. The minimum atomic E-state index is 0.563. The molecule has 1 aromatic rings. The van der Waals surface area contributed by atoms with Crippen LogP contribution in [0.15, 0.2) is 18.5 Å². The van der Waals surface area contributed by atoms with Crippen molar-refractivity contribution in [1.29, 1.82) is 0 Å². The van der Waals surface area contributed by atoms with Gasteiger partial charge in [0.25, 0.3) is 0 Å². The van der Waals surface area contributed by atoms with Gasteiger partial charge in [-0.2, -0.15) is 0 Å². The summed E-state index contributed by atoms with van der Waals surface area (Å²) in [5.41, 5.74) is 2.35. The Balaban J connectivity index is 2.06. The molecule has 0 spiro atoms. The Kier molecular flexibility index (Phi) is 4.20. The van der Waals surface area contributed by atoms with Crippen LogP contribution in [0.3, 0.4) is 0 Å². The average Bonchev–Trinajstić information content (AvgIpc) is 2.58. The number of nitrogens with one attached hydrogen (secondary N) is 2. The Morgan fingerprint density at radius 1 is 1.35 bits per heavy atom. The topological polar surface area (TPSA) is 40.2 Å². The molecule has 2 heterocycles. The Hall–Kier alpha value is -1.29. The van der Waals surface area contributed by atoms with E-state index in [1.54, 1.807) is 0 Å². The maximum absolute atomic E-state index is 4.21. The highest BCUT2D eigenvalue weighted by Gasteiger charge is 2.13. The van der Waals surface area contributed by atoms with Crippen LogP contribution in [0.2, 0.25) is 0 Å². The summed E-state index contributed by atoms with van der Waals surface area (Å²) >= 11 is 0. The van der Waals surface area contributed by atoms with E-state index >= 15 is 0 Å². The number of hydrogen-bond donors (Lipinski definition) is 2. The number of hydrogen-bond acceptors (Lipinski definition) is 4. The standard InChI is InChI=1S/C13H22N4/c1-17(2)13-6-9-15-10-12(13)16-11-4-3-7-14-8-5-11/h6,9-11,14,16H,3-5,7-8H2,1-2H3. The molecular formula is C13H22N4. The molecule has 17 heavy (non-hydrogen) atoms.